The summed E-state index contributed by atoms with van der Waals surface area (Å²) in [6.07, 6.45) is 12.2. The van der Waals surface area contributed by atoms with E-state index in [0.29, 0.717) is 6.42 Å². The number of rotatable bonds is 1. The maximum atomic E-state index is 11.7. The van der Waals surface area contributed by atoms with E-state index in [1.165, 1.54) is 0 Å². The van der Waals surface area contributed by atoms with E-state index in [-0.39, 0.29) is 5.91 Å². The summed E-state index contributed by atoms with van der Waals surface area (Å²) < 4.78 is 5.54. The first-order valence-corrected chi connectivity index (χ1v) is 5.60. The van der Waals surface area contributed by atoms with Gasteiger partial charge in [0.05, 0.1) is 12.0 Å². The molecule has 0 bridgehead atoms. The summed E-state index contributed by atoms with van der Waals surface area (Å²) in [5.41, 5.74) is 2.07. The minimum absolute atomic E-state index is 0.201. The van der Waals surface area contributed by atoms with E-state index in [2.05, 4.69) is 6.08 Å². The van der Waals surface area contributed by atoms with Crippen LogP contribution in [-0.2, 0) is 9.53 Å². The number of amides is 1. The Morgan fingerprint density at radius 2 is 2.31 bits per heavy atom. The van der Waals surface area contributed by atoms with Crippen LogP contribution >= 0.6 is 0 Å². The molecule has 0 saturated carbocycles. The lowest BCUT2D eigenvalue weighted by Gasteiger charge is -2.25. The number of allylic oxidation sites excluding steroid dienone is 5. The summed E-state index contributed by atoms with van der Waals surface area (Å²) in [5.74, 6) is 1.05. The van der Waals surface area contributed by atoms with Crippen molar-refractivity contribution in [3.8, 4) is 0 Å². The van der Waals surface area contributed by atoms with Gasteiger partial charge in [-0.05, 0) is 25.0 Å². The summed E-state index contributed by atoms with van der Waals surface area (Å²) in [7, 11) is 0. The molecule has 0 atom stereocenters. The molecule has 2 aliphatic heterocycles. The molecule has 1 amide bonds. The number of carbonyl (C=O) groups is 1. The van der Waals surface area contributed by atoms with Gasteiger partial charge in [0.25, 0.3) is 0 Å². The Morgan fingerprint density at radius 3 is 3.12 bits per heavy atom. The van der Waals surface area contributed by atoms with Crippen LogP contribution in [0.4, 0.5) is 0 Å². The fourth-order valence-corrected chi connectivity index (χ4v) is 2.29. The molecule has 1 aliphatic carbocycles. The second-order valence-electron chi connectivity index (χ2n) is 4.11. The Labute approximate surface area is 94.4 Å². The molecule has 1 fully saturated rings. The molecule has 0 radical (unpaired) electrons. The maximum absolute atomic E-state index is 11.7. The lowest BCUT2D eigenvalue weighted by atomic mass is 10.0. The van der Waals surface area contributed by atoms with E-state index in [4.69, 9.17) is 4.74 Å². The predicted octanol–water partition coefficient (Wildman–Crippen LogP) is 2.25. The Balaban J connectivity index is 2.02. The van der Waals surface area contributed by atoms with Crippen molar-refractivity contribution < 1.29 is 9.53 Å². The Morgan fingerprint density at radius 1 is 1.38 bits per heavy atom. The third kappa shape index (κ3) is 1.40. The van der Waals surface area contributed by atoms with Crippen LogP contribution in [0.2, 0.25) is 0 Å². The zero-order chi connectivity index (χ0) is 11.0. The van der Waals surface area contributed by atoms with Gasteiger partial charge in [0.1, 0.15) is 0 Å². The Hall–Kier alpha value is -1.77. The molecule has 0 aromatic heterocycles. The molecule has 0 N–H and O–H groups in total. The van der Waals surface area contributed by atoms with Gasteiger partial charge in [-0.25, -0.2) is 0 Å². The molecule has 0 aromatic rings. The zero-order valence-electron chi connectivity index (χ0n) is 8.98. The normalized spacial score (nSPS) is 23.4. The lowest BCUT2D eigenvalue weighted by molar-refractivity contribution is -0.126. The molecular weight excluding hydrogens is 202 g/mol. The molecule has 3 nitrogen and oxygen atoms in total. The monoisotopic (exact) mass is 215 g/mol. The summed E-state index contributed by atoms with van der Waals surface area (Å²) in [4.78, 5) is 13.5. The molecule has 1 saturated heterocycles. The molecule has 16 heavy (non-hydrogen) atoms. The van der Waals surface area contributed by atoms with Crippen LogP contribution in [-0.4, -0.2) is 17.4 Å². The van der Waals surface area contributed by atoms with Crippen molar-refractivity contribution in [2.24, 2.45) is 0 Å². The smallest absolute Gasteiger partial charge is 0.227 e. The number of likely N-dealkylation sites (tertiary alicyclic amines) is 1. The van der Waals surface area contributed by atoms with Crippen molar-refractivity contribution in [2.75, 3.05) is 6.54 Å². The molecule has 0 spiro atoms. The standard InChI is InChI=1S/C13H13NO2/c15-12-7-2-8-14(12)11-6-1-4-10-5-3-9-16-13(10)11/h1,3,5-6,9H,2,4,7-8H2. The van der Waals surface area contributed by atoms with Gasteiger partial charge in [0.2, 0.25) is 5.91 Å². The van der Waals surface area contributed by atoms with Crippen LogP contribution in [0.25, 0.3) is 0 Å². The van der Waals surface area contributed by atoms with Crippen molar-refractivity contribution in [1.29, 1.82) is 0 Å². The van der Waals surface area contributed by atoms with Gasteiger partial charge >= 0.3 is 0 Å². The number of carbonyl (C=O) groups excluding carboxylic acids is 1. The van der Waals surface area contributed by atoms with Crippen LogP contribution in [0.3, 0.4) is 0 Å². The lowest BCUT2D eigenvalue weighted by Crippen LogP contribution is -2.26. The van der Waals surface area contributed by atoms with Crippen LogP contribution in [0.5, 0.6) is 0 Å². The van der Waals surface area contributed by atoms with E-state index in [1.54, 1.807) is 6.26 Å². The molecule has 0 unspecified atom stereocenters. The Kier molecular flexibility index (Phi) is 2.17. The number of nitrogens with zero attached hydrogens (tertiary/aromatic N) is 1. The first-order chi connectivity index (χ1) is 7.86. The van der Waals surface area contributed by atoms with E-state index in [1.807, 2.05) is 23.1 Å². The summed E-state index contributed by atoms with van der Waals surface area (Å²) >= 11 is 0. The molecule has 3 heteroatoms. The average Bonchev–Trinajstić information content (AvgIpc) is 2.75. The highest BCUT2D eigenvalue weighted by atomic mass is 16.5. The van der Waals surface area contributed by atoms with Crippen LogP contribution in [0, 0.1) is 0 Å². The predicted molar refractivity (Wildman–Crippen MR) is 60.0 cm³/mol. The van der Waals surface area contributed by atoms with Crippen molar-refractivity contribution in [2.45, 2.75) is 19.3 Å². The fourth-order valence-electron chi connectivity index (χ4n) is 2.29. The first-order valence-electron chi connectivity index (χ1n) is 5.60. The summed E-state index contributed by atoms with van der Waals surface area (Å²) in [6.45, 7) is 0.808. The van der Waals surface area contributed by atoms with Crippen LogP contribution in [0.15, 0.2) is 47.6 Å². The SMILES string of the molecule is O=C1CCCN1C1=C2OC=CC=C2CC=C1. The van der Waals surface area contributed by atoms with Crippen molar-refractivity contribution >= 4 is 5.91 Å². The largest absolute Gasteiger partial charge is 0.463 e. The molecule has 2 heterocycles. The topological polar surface area (TPSA) is 29.5 Å². The van der Waals surface area contributed by atoms with Crippen molar-refractivity contribution in [3.63, 3.8) is 0 Å². The number of hydrogen-bond acceptors (Lipinski definition) is 2. The fraction of sp³-hybridized carbons (Fsp3) is 0.308. The third-order valence-corrected chi connectivity index (χ3v) is 3.06. The molecule has 3 aliphatic rings. The number of hydrogen-bond donors (Lipinski definition) is 0. The van der Waals surface area contributed by atoms with Gasteiger partial charge in [-0.2, -0.15) is 0 Å². The second-order valence-corrected chi connectivity index (χ2v) is 4.11. The average molecular weight is 215 g/mol. The molecule has 3 rings (SSSR count). The highest BCUT2D eigenvalue weighted by Gasteiger charge is 2.28. The summed E-state index contributed by atoms with van der Waals surface area (Å²) in [6, 6.07) is 0. The minimum Gasteiger partial charge on any atom is -0.463 e. The quantitative estimate of drug-likeness (QED) is 0.671. The van der Waals surface area contributed by atoms with E-state index in [0.717, 1.165) is 36.4 Å². The number of fused-ring (bicyclic) bond motifs is 1. The summed E-state index contributed by atoms with van der Waals surface area (Å²) in [5, 5.41) is 0. The van der Waals surface area contributed by atoms with E-state index < -0.39 is 0 Å². The highest BCUT2D eigenvalue weighted by molar-refractivity contribution is 5.81. The second kappa shape index (κ2) is 3.67. The van der Waals surface area contributed by atoms with Gasteiger partial charge in [-0.3, -0.25) is 4.79 Å². The van der Waals surface area contributed by atoms with Gasteiger partial charge < -0.3 is 9.64 Å². The van der Waals surface area contributed by atoms with Gasteiger partial charge in [0.15, 0.2) is 5.76 Å². The van der Waals surface area contributed by atoms with E-state index in [9.17, 15) is 4.79 Å². The number of ether oxygens (including phenoxy) is 1. The third-order valence-electron chi connectivity index (χ3n) is 3.06. The van der Waals surface area contributed by atoms with Crippen molar-refractivity contribution in [3.05, 3.63) is 47.6 Å². The van der Waals surface area contributed by atoms with E-state index >= 15 is 0 Å². The van der Waals surface area contributed by atoms with Gasteiger partial charge in [-0.1, -0.05) is 12.2 Å². The molecule has 82 valence electrons. The maximum Gasteiger partial charge on any atom is 0.227 e. The van der Waals surface area contributed by atoms with Crippen LogP contribution in [0.1, 0.15) is 19.3 Å². The zero-order valence-corrected chi connectivity index (χ0v) is 8.98. The van der Waals surface area contributed by atoms with Gasteiger partial charge in [-0.15, -0.1) is 0 Å². The highest BCUT2D eigenvalue weighted by Crippen LogP contribution is 2.32. The molecule has 0 aromatic carbocycles. The van der Waals surface area contributed by atoms with Crippen molar-refractivity contribution in [1.82, 2.24) is 4.90 Å². The molecular formula is C13H13NO2. The van der Waals surface area contributed by atoms with Gasteiger partial charge in [0, 0.05) is 18.5 Å². The Bertz CT molecular complexity index is 455. The first kappa shape index (κ1) is 9.46. The minimum atomic E-state index is 0.201. The van der Waals surface area contributed by atoms with Crippen LogP contribution < -0.4 is 0 Å².